The maximum absolute atomic E-state index is 12.2. The molecule has 7 heteroatoms. The molecule has 0 N–H and O–H groups in total. The van der Waals surface area contributed by atoms with Crippen molar-refractivity contribution < 1.29 is 22.8 Å². The van der Waals surface area contributed by atoms with Gasteiger partial charge in [0.15, 0.2) is 0 Å². The van der Waals surface area contributed by atoms with Gasteiger partial charge in [-0.2, -0.15) is 0 Å². The Morgan fingerprint density at radius 2 is 1.94 bits per heavy atom. The molecule has 0 saturated heterocycles. The van der Waals surface area contributed by atoms with Crippen LogP contribution in [0.2, 0.25) is 0 Å². The van der Waals surface area contributed by atoms with Crippen molar-refractivity contribution in [3.05, 3.63) is 23.7 Å². The molecule has 1 aromatic rings. The topological polar surface area (TPSA) is 65.7 Å². The summed E-state index contributed by atoms with van der Waals surface area (Å²) in [6, 6.07) is 0. The van der Waals surface area contributed by atoms with Crippen molar-refractivity contribution in [1.82, 2.24) is 0 Å². The lowest BCUT2D eigenvalue weighted by Gasteiger charge is -2.16. The molecule has 0 fully saturated rings. The highest BCUT2D eigenvalue weighted by atomic mass is 35.5. The summed E-state index contributed by atoms with van der Waals surface area (Å²) in [4.78, 5) is 11.1. The number of hydrogen-bond acceptors (Lipinski definition) is 5. The van der Waals surface area contributed by atoms with Gasteiger partial charge >= 0.3 is 7.60 Å². The normalized spacial score (nSPS) is 11.7. The van der Waals surface area contributed by atoms with Gasteiger partial charge in [0, 0.05) is 5.56 Å². The van der Waals surface area contributed by atoms with Crippen molar-refractivity contribution in [2.75, 3.05) is 13.2 Å². The average Bonchev–Trinajstić information content (AvgIpc) is 2.66. The Balaban J connectivity index is 2.89. The van der Waals surface area contributed by atoms with Crippen molar-refractivity contribution in [3.8, 4) is 0 Å². The Labute approximate surface area is 105 Å². The van der Waals surface area contributed by atoms with Gasteiger partial charge in [-0.05, 0) is 25.4 Å². The molecule has 1 aromatic heterocycles. The molecule has 1 heterocycles. The Kier molecular flexibility index (Phi) is 5.40. The van der Waals surface area contributed by atoms with Gasteiger partial charge in [0.05, 0.1) is 31.2 Å². The van der Waals surface area contributed by atoms with Gasteiger partial charge in [-0.3, -0.25) is 9.36 Å². The zero-order valence-corrected chi connectivity index (χ0v) is 11.3. The number of rotatable bonds is 7. The molecule has 5 nitrogen and oxygen atoms in total. The van der Waals surface area contributed by atoms with Crippen LogP contribution in [0, 0.1) is 0 Å². The first-order valence-corrected chi connectivity index (χ1v) is 7.26. The molecule has 0 unspecified atom stereocenters. The summed E-state index contributed by atoms with van der Waals surface area (Å²) in [7, 11) is -3.25. The summed E-state index contributed by atoms with van der Waals surface area (Å²) in [5.74, 6) is 0. The first kappa shape index (κ1) is 14.5. The smallest absolute Gasteiger partial charge is 0.335 e. The molecule has 0 bridgehead atoms. The van der Waals surface area contributed by atoms with Crippen LogP contribution in [0.3, 0.4) is 0 Å². The lowest BCUT2D eigenvalue weighted by Crippen LogP contribution is -2.01. The third kappa shape index (κ3) is 3.96. The first-order chi connectivity index (χ1) is 8.02. The number of carbonyl (C=O) groups is 1. The van der Waals surface area contributed by atoms with E-state index in [1.165, 1.54) is 12.5 Å². The quantitative estimate of drug-likeness (QED) is 0.565. The monoisotopic (exact) mass is 280 g/mol. The summed E-state index contributed by atoms with van der Waals surface area (Å²) in [5, 5.41) is -0.659. The predicted octanol–water partition coefficient (Wildman–Crippen LogP) is 3.42. The first-order valence-electron chi connectivity index (χ1n) is 5.15. The van der Waals surface area contributed by atoms with Crippen molar-refractivity contribution in [2.45, 2.75) is 20.0 Å². The van der Waals surface area contributed by atoms with Crippen LogP contribution in [0.25, 0.3) is 0 Å². The molecule has 0 radical (unpaired) electrons. The van der Waals surface area contributed by atoms with Crippen molar-refractivity contribution in [1.29, 1.82) is 0 Å². The highest BCUT2D eigenvalue weighted by Crippen LogP contribution is 2.51. The second-order valence-corrected chi connectivity index (χ2v) is 5.59. The number of furan rings is 1. The van der Waals surface area contributed by atoms with Gasteiger partial charge in [-0.15, -0.1) is 0 Å². The summed E-state index contributed by atoms with van der Waals surface area (Å²) in [6.45, 7) is 3.96. The van der Waals surface area contributed by atoms with E-state index < -0.39 is 12.8 Å². The molecule has 0 saturated carbocycles. The van der Waals surface area contributed by atoms with Gasteiger partial charge in [0.2, 0.25) is 0 Å². The minimum atomic E-state index is -3.25. The van der Waals surface area contributed by atoms with Crippen LogP contribution in [-0.2, 0) is 19.8 Å². The number of halogens is 1. The summed E-state index contributed by atoms with van der Waals surface area (Å²) >= 11 is 5.36. The van der Waals surface area contributed by atoms with Crippen LogP contribution in [0.4, 0.5) is 0 Å². The van der Waals surface area contributed by atoms with Gasteiger partial charge < -0.3 is 13.5 Å². The summed E-state index contributed by atoms with van der Waals surface area (Å²) < 4.78 is 27.3. The molecule has 0 aromatic carbocycles. The standard InChI is InChI=1S/C10H14ClO5P/c1-3-15-17(13,16-4-2)7-8-5-14-6-9(8)10(11)12/h5-6H,3-4,7H2,1-2H3. The Morgan fingerprint density at radius 1 is 1.35 bits per heavy atom. The van der Waals surface area contributed by atoms with E-state index >= 15 is 0 Å². The van der Waals surface area contributed by atoms with Gasteiger partial charge in [-0.1, -0.05) is 0 Å². The lowest BCUT2D eigenvalue weighted by atomic mass is 10.2. The van der Waals surface area contributed by atoms with Crippen LogP contribution in [-0.4, -0.2) is 18.5 Å². The Hall–Kier alpha value is -0.610. The fourth-order valence-corrected chi connectivity index (χ4v) is 3.22. The van der Waals surface area contributed by atoms with Crippen LogP contribution in [0.15, 0.2) is 16.9 Å². The maximum Gasteiger partial charge on any atom is 0.335 e. The third-order valence-corrected chi connectivity index (χ3v) is 4.20. The number of hydrogen-bond donors (Lipinski definition) is 0. The highest BCUT2D eigenvalue weighted by Gasteiger charge is 2.27. The maximum atomic E-state index is 12.2. The van der Waals surface area contributed by atoms with E-state index in [9.17, 15) is 9.36 Å². The van der Waals surface area contributed by atoms with E-state index in [0.717, 1.165) is 0 Å². The van der Waals surface area contributed by atoms with E-state index in [-0.39, 0.29) is 24.9 Å². The zero-order chi connectivity index (χ0) is 12.9. The molecule has 0 atom stereocenters. The molecule has 0 spiro atoms. The molecule has 0 aliphatic heterocycles. The van der Waals surface area contributed by atoms with Crippen LogP contribution in [0.1, 0.15) is 29.8 Å². The Bertz CT molecular complexity index is 418. The van der Waals surface area contributed by atoms with E-state index in [0.29, 0.717) is 5.56 Å². The van der Waals surface area contributed by atoms with Crippen LogP contribution < -0.4 is 0 Å². The molecule has 17 heavy (non-hydrogen) atoms. The van der Waals surface area contributed by atoms with E-state index in [1.807, 2.05) is 0 Å². The molecule has 0 aliphatic carbocycles. The lowest BCUT2D eigenvalue weighted by molar-refractivity contribution is 0.108. The summed E-state index contributed by atoms with van der Waals surface area (Å²) in [5.41, 5.74) is 0.613. The molecule has 1 rings (SSSR count). The SMILES string of the molecule is CCOP(=O)(Cc1cocc1C(=O)Cl)OCC. The van der Waals surface area contributed by atoms with E-state index in [1.54, 1.807) is 13.8 Å². The average molecular weight is 281 g/mol. The fourth-order valence-electron chi connectivity index (χ4n) is 1.35. The van der Waals surface area contributed by atoms with Crippen molar-refractivity contribution >= 4 is 24.4 Å². The molecule has 96 valence electrons. The molecule has 0 aliphatic rings. The molecule has 0 amide bonds. The highest BCUT2D eigenvalue weighted by molar-refractivity contribution is 7.53. The minimum absolute atomic E-state index is 0.0288. The van der Waals surface area contributed by atoms with Crippen molar-refractivity contribution in [3.63, 3.8) is 0 Å². The van der Waals surface area contributed by atoms with E-state index in [2.05, 4.69) is 0 Å². The Morgan fingerprint density at radius 3 is 2.41 bits per heavy atom. The van der Waals surface area contributed by atoms with Gasteiger partial charge in [0.25, 0.3) is 5.24 Å². The van der Waals surface area contributed by atoms with E-state index in [4.69, 9.17) is 25.1 Å². The van der Waals surface area contributed by atoms with Crippen molar-refractivity contribution in [2.24, 2.45) is 0 Å². The largest absolute Gasteiger partial charge is 0.471 e. The van der Waals surface area contributed by atoms with Crippen LogP contribution in [0.5, 0.6) is 0 Å². The molecular formula is C10H14ClO5P. The van der Waals surface area contributed by atoms with Gasteiger partial charge in [-0.25, -0.2) is 0 Å². The predicted molar refractivity (Wildman–Crippen MR) is 63.5 cm³/mol. The fraction of sp³-hybridized carbons (Fsp3) is 0.500. The van der Waals surface area contributed by atoms with Crippen LogP contribution >= 0.6 is 19.2 Å². The minimum Gasteiger partial charge on any atom is -0.471 e. The third-order valence-electron chi connectivity index (χ3n) is 1.97. The second-order valence-electron chi connectivity index (χ2n) is 3.19. The van der Waals surface area contributed by atoms with Gasteiger partial charge in [0.1, 0.15) is 6.26 Å². The zero-order valence-electron chi connectivity index (χ0n) is 9.64. The summed E-state index contributed by atoms with van der Waals surface area (Å²) in [6.07, 6.45) is 2.51. The number of carbonyl (C=O) groups excluding carboxylic acids is 1. The second kappa shape index (κ2) is 6.36. The molecular weight excluding hydrogens is 267 g/mol.